The van der Waals surface area contributed by atoms with Gasteiger partial charge in [0.2, 0.25) is 0 Å². The summed E-state index contributed by atoms with van der Waals surface area (Å²) >= 11 is 0. The highest BCUT2D eigenvalue weighted by molar-refractivity contribution is 5.95. The standard InChI is InChI=1S/C14H17NO/c1-14(2,10-11-15)9-8-13(16)12-6-4-3-5-7-12/h3-7H,8-10H2,1-2H3. The van der Waals surface area contributed by atoms with Gasteiger partial charge >= 0.3 is 0 Å². The molecule has 0 aromatic heterocycles. The van der Waals surface area contributed by atoms with Gasteiger partial charge in [-0.05, 0) is 11.8 Å². The van der Waals surface area contributed by atoms with Crippen LogP contribution in [0.1, 0.15) is 43.5 Å². The van der Waals surface area contributed by atoms with Crippen molar-refractivity contribution in [2.24, 2.45) is 5.41 Å². The summed E-state index contributed by atoms with van der Waals surface area (Å²) in [6, 6.07) is 11.5. The molecule has 0 aliphatic rings. The summed E-state index contributed by atoms with van der Waals surface area (Å²) in [5.41, 5.74) is 0.689. The number of hydrogen-bond acceptors (Lipinski definition) is 2. The van der Waals surface area contributed by atoms with Gasteiger partial charge in [0, 0.05) is 18.4 Å². The molecule has 1 aromatic rings. The lowest BCUT2D eigenvalue weighted by Crippen LogP contribution is -2.13. The lowest BCUT2D eigenvalue weighted by Gasteiger charge is -2.20. The Bertz CT molecular complexity index is 387. The molecule has 0 N–H and O–H groups in total. The molecule has 84 valence electrons. The van der Waals surface area contributed by atoms with E-state index < -0.39 is 0 Å². The van der Waals surface area contributed by atoms with Crippen LogP contribution in [-0.2, 0) is 0 Å². The molecule has 0 saturated heterocycles. The highest BCUT2D eigenvalue weighted by Crippen LogP contribution is 2.26. The Morgan fingerprint density at radius 1 is 1.31 bits per heavy atom. The SMILES string of the molecule is CC(C)(CC#N)CCC(=O)c1ccccc1. The number of benzene rings is 1. The second-order valence-corrected chi connectivity index (χ2v) is 4.79. The van der Waals surface area contributed by atoms with E-state index in [0.717, 1.165) is 12.0 Å². The van der Waals surface area contributed by atoms with Crippen molar-refractivity contribution in [3.05, 3.63) is 35.9 Å². The van der Waals surface area contributed by atoms with E-state index in [2.05, 4.69) is 6.07 Å². The Balaban J connectivity index is 2.51. The number of Topliss-reactive ketones (excluding diaryl/α,β-unsaturated/α-hetero) is 1. The third-order valence-corrected chi connectivity index (χ3v) is 2.68. The molecular formula is C14H17NO. The zero-order valence-corrected chi connectivity index (χ0v) is 9.86. The fraction of sp³-hybridized carbons (Fsp3) is 0.429. The molecule has 0 unspecified atom stereocenters. The summed E-state index contributed by atoms with van der Waals surface area (Å²) in [7, 11) is 0. The molecule has 2 nitrogen and oxygen atoms in total. The van der Waals surface area contributed by atoms with Gasteiger partial charge in [-0.3, -0.25) is 4.79 Å². The number of rotatable bonds is 5. The number of nitrogens with zero attached hydrogens (tertiary/aromatic N) is 1. The average Bonchev–Trinajstić information content (AvgIpc) is 2.27. The molecule has 0 spiro atoms. The number of carbonyl (C=O) groups is 1. The molecule has 0 saturated carbocycles. The van der Waals surface area contributed by atoms with Crippen LogP contribution in [0, 0.1) is 16.7 Å². The lowest BCUT2D eigenvalue weighted by atomic mass is 9.84. The van der Waals surface area contributed by atoms with E-state index >= 15 is 0 Å². The van der Waals surface area contributed by atoms with Crippen molar-refractivity contribution >= 4 is 5.78 Å². The molecular weight excluding hydrogens is 198 g/mol. The topological polar surface area (TPSA) is 40.9 Å². The van der Waals surface area contributed by atoms with E-state index in [1.54, 1.807) is 0 Å². The van der Waals surface area contributed by atoms with E-state index in [1.807, 2.05) is 44.2 Å². The largest absolute Gasteiger partial charge is 0.294 e. The minimum Gasteiger partial charge on any atom is -0.294 e. The predicted molar refractivity (Wildman–Crippen MR) is 64.0 cm³/mol. The summed E-state index contributed by atoms with van der Waals surface area (Å²) in [5, 5.41) is 8.65. The van der Waals surface area contributed by atoms with Crippen molar-refractivity contribution in [1.82, 2.24) is 0 Å². The quantitative estimate of drug-likeness (QED) is 0.704. The van der Waals surface area contributed by atoms with Gasteiger partial charge in [0.25, 0.3) is 0 Å². The van der Waals surface area contributed by atoms with Crippen molar-refractivity contribution in [2.75, 3.05) is 0 Å². The lowest BCUT2D eigenvalue weighted by molar-refractivity contribution is 0.0963. The van der Waals surface area contributed by atoms with Crippen LogP contribution < -0.4 is 0 Å². The Hall–Kier alpha value is -1.62. The van der Waals surface area contributed by atoms with Gasteiger partial charge in [-0.1, -0.05) is 44.2 Å². The molecule has 1 aromatic carbocycles. The fourth-order valence-electron chi connectivity index (χ4n) is 1.52. The molecule has 0 heterocycles. The molecule has 0 bridgehead atoms. The van der Waals surface area contributed by atoms with Crippen molar-refractivity contribution in [2.45, 2.75) is 33.1 Å². The normalized spacial score (nSPS) is 10.8. The van der Waals surface area contributed by atoms with Crippen molar-refractivity contribution in [3.63, 3.8) is 0 Å². The zero-order valence-electron chi connectivity index (χ0n) is 9.86. The Kier molecular flexibility index (Phi) is 4.25. The van der Waals surface area contributed by atoms with Gasteiger partial charge in [0.1, 0.15) is 0 Å². The van der Waals surface area contributed by atoms with Gasteiger partial charge in [-0.15, -0.1) is 0 Å². The van der Waals surface area contributed by atoms with Crippen molar-refractivity contribution < 1.29 is 4.79 Å². The first-order chi connectivity index (χ1) is 7.55. The Morgan fingerprint density at radius 3 is 2.50 bits per heavy atom. The van der Waals surface area contributed by atoms with E-state index in [9.17, 15) is 4.79 Å². The number of ketones is 1. The number of carbonyl (C=O) groups excluding carboxylic acids is 1. The third-order valence-electron chi connectivity index (χ3n) is 2.68. The minimum absolute atomic E-state index is 0.0702. The Labute approximate surface area is 96.9 Å². The minimum atomic E-state index is -0.0702. The Morgan fingerprint density at radius 2 is 1.94 bits per heavy atom. The predicted octanol–water partition coefficient (Wildman–Crippen LogP) is 3.59. The average molecular weight is 215 g/mol. The van der Waals surface area contributed by atoms with Crippen LogP contribution in [0.3, 0.4) is 0 Å². The van der Waals surface area contributed by atoms with E-state index in [0.29, 0.717) is 12.8 Å². The van der Waals surface area contributed by atoms with Crippen molar-refractivity contribution in [1.29, 1.82) is 5.26 Å². The van der Waals surface area contributed by atoms with E-state index in [1.165, 1.54) is 0 Å². The molecule has 0 fully saturated rings. The van der Waals surface area contributed by atoms with Crippen LogP contribution in [0.25, 0.3) is 0 Å². The van der Waals surface area contributed by atoms with Gasteiger partial charge < -0.3 is 0 Å². The van der Waals surface area contributed by atoms with Gasteiger partial charge in [0.05, 0.1) is 6.07 Å². The smallest absolute Gasteiger partial charge is 0.162 e. The molecule has 0 radical (unpaired) electrons. The van der Waals surface area contributed by atoms with Gasteiger partial charge in [-0.2, -0.15) is 5.26 Å². The molecule has 1 rings (SSSR count). The summed E-state index contributed by atoms with van der Waals surface area (Å²) in [6.45, 7) is 4.04. The van der Waals surface area contributed by atoms with Crippen LogP contribution in [0.2, 0.25) is 0 Å². The monoisotopic (exact) mass is 215 g/mol. The molecule has 0 aliphatic carbocycles. The third kappa shape index (κ3) is 3.86. The summed E-state index contributed by atoms with van der Waals surface area (Å²) in [6.07, 6.45) is 1.77. The van der Waals surface area contributed by atoms with E-state index in [-0.39, 0.29) is 11.2 Å². The highest BCUT2D eigenvalue weighted by atomic mass is 16.1. The second-order valence-electron chi connectivity index (χ2n) is 4.79. The van der Waals surface area contributed by atoms with E-state index in [4.69, 9.17) is 5.26 Å². The first-order valence-electron chi connectivity index (χ1n) is 5.50. The van der Waals surface area contributed by atoms with Crippen LogP contribution in [0.5, 0.6) is 0 Å². The maximum absolute atomic E-state index is 11.8. The summed E-state index contributed by atoms with van der Waals surface area (Å²) < 4.78 is 0. The first-order valence-corrected chi connectivity index (χ1v) is 5.50. The molecule has 2 heteroatoms. The van der Waals surface area contributed by atoms with Gasteiger partial charge in [-0.25, -0.2) is 0 Å². The first kappa shape index (κ1) is 12.4. The second kappa shape index (κ2) is 5.46. The zero-order chi connectivity index (χ0) is 12.0. The summed E-state index contributed by atoms with van der Waals surface area (Å²) in [5.74, 6) is 0.159. The van der Waals surface area contributed by atoms with Gasteiger partial charge in [0.15, 0.2) is 5.78 Å². The van der Waals surface area contributed by atoms with Crippen LogP contribution >= 0.6 is 0 Å². The molecule has 0 atom stereocenters. The van der Waals surface area contributed by atoms with Crippen molar-refractivity contribution in [3.8, 4) is 6.07 Å². The number of hydrogen-bond donors (Lipinski definition) is 0. The maximum atomic E-state index is 11.8. The fourth-order valence-corrected chi connectivity index (χ4v) is 1.52. The summed E-state index contributed by atoms with van der Waals surface area (Å²) in [4.78, 5) is 11.8. The van der Waals surface area contributed by atoms with Crippen LogP contribution in [0.4, 0.5) is 0 Å². The highest BCUT2D eigenvalue weighted by Gasteiger charge is 2.19. The number of nitriles is 1. The molecule has 0 aliphatic heterocycles. The van der Waals surface area contributed by atoms with Crippen LogP contribution in [0.15, 0.2) is 30.3 Å². The maximum Gasteiger partial charge on any atom is 0.162 e. The molecule has 0 amide bonds. The van der Waals surface area contributed by atoms with Crippen LogP contribution in [-0.4, -0.2) is 5.78 Å². The molecule has 16 heavy (non-hydrogen) atoms.